The standard InChI is InChI=1S/C18H23N/c1-13(2)18(4)10-8-15(9-11-18)17-12-16(19-5)7-6-14(17)3/h6-10,12,19H,1,11H2,2-5H3. The summed E-state index contributed by atoms with van der Waals surface area (Å²) in [6.45, 7) is 10.6. The molecular weight excluding hydrogens is 230 g/mol. The molecule has 0 saturated carbocycles. The van der Waals surface area contributed by atoms with Gasteiger partial charge >= 0.3 is 0 Å². The predicted molar refractivity (Wildman–Crippen MR) is 85.4 cm³/mol. The Morgan fingerprint density at radius 3 is 2.63 bits per heavy atom. The minimum absolute atomic E-state index is 0.109. The number of rotatable bonds is 3. The van der Waals surface area contributed by atoms with Crippen molar-refractivity contribution >= 4 is 11.3 Å². The Hall–Kier alpha value is -1.76. The third-order valence-corrected chi connectivity index (χ3v) is 4.19. The van der Waals surface area contributed by atoms with Crippen molar-refractivity contribution in [2.24, 2.45) is 5.41 Å². The highest BCUT2D eigenvalue weighted by molar-refractivity contribution is 5.79. The van der Waals surface area contributed by atoms with Crippen LogP contribution in [-0.4, -0.2) is 7.05 Å². The van der Waals surface area contributed by atoms with Crippen LogP contribution in [0.2, 0.25) is 0 Å². The van der Waals surface area contributed by atoms with Gasteiger partial charge in [0.2, 0.25) is 0 Å². The van der Waals surface area contributed by atoms with Gasteiger partial charge < -0.3 is 5.32 Å². The predicted octanol–water partition coefficient (Wildman–Crippen LogP) is 4.96. The number of hydrogen-bond acceptors (Lipinski definition) is 1. The molecule has 0 amide bonds. The molecule has 1 aliphatic rings. The van der Waals surface area contributed by atoms with Crippen LogP contribution in [0.3, 0.4) is 0 Å². The van der Waals surface area contributed by atoms with E-state index in [1.807, 2.05) is 7.05 Å². The second kappa shape index (κ2) is 5.08. The summed E-state index contributed by atoms with van der Waals surface area (Å²) in [5, 5.41) is 3.20. The first kappa shape index (κ1) is 13.7. The van der Waals surface area contributed by atoms with E-state index >= 15 is 0 Å². The number of aryl methyl sites for hydroxylation is 1. The lowest BCUT2D eigenvalue weighted by Crippen LogP contribution is -2.15. The molecule has 2 rings (SSSR count). The molecule has 1 aromatic carbocycles. The zero-order chi connectivity index (χ0) is 14.0. The second-order valence-corrected chi connectivity index (χ2v) is 5.67. The van der Waals surface area contributed by atoms with Gasteiger partial charge in [0.15, 0.2) is 0 Å². The first-order valence-corrected chi connectivity index (χ1v) is 6.80. The largest absolute Gasteiger partial charge is 0.388 e. The molecule has 0 radical (unpaired) electrons. The van der Waals surface area contributed by atoms with Crippen molar-refractivity contribution in [1.82, 2.24) is 0 Å². The van der Waals surface area contributed by atoms with Crippen molar-refractivity contribution in [3.63, 3.8) is 0 Å². The summed E-state index contributed by atoms with van der Waals surface area (Å²) in [6, 6.07) is 6.50. The van der Waals surface area contributed by atoms with E-state index < -0.39 is 0 Å². The summed E-state index contributed by atoms with van der Waals surface area (Å²) >= 11 is 0. The highest BCUT2D eigenvalue weighted by atomic mass is 14.8. The summed E-state index contributed by atoms with van der Waals surface area (Å²) in [6.07, 6.45) is 7.88. The maximum absolute atomic E-state index is 4.10. The molecule has 0 bridgehead atoms. The fraction of sp³-hybridized carbons (Fsp3) is 0.333. The molecule has 1 aromatic rings. The summed E-state index contributed by atoms with van der Waals surface area (Å²) in [5.74, 6) is 0. The molecule has 1 nitrogen and oxygen atoms in total. The van der Waals surface area contributed by atoms with Crippen molar-refractivity contribution in [3.05, 3.63) is 59.7 Å². The molecule has 0 fully saturated rings. The smallest absolute Gasteiger partial charge is 0.0343 e. The van der Waals surface area contributed by atoms with E-state index in [0.717, 1.165) is 12.1 Å². The van der Waals surface area contributed by atoms with Crippen LogP contribution < -0.4 is 5.32 Å². The Balaban J connectivity index is 2.34. The van der Waals surface area contributed by atoms with Crippen LogP contribution in [0, 0.1) is 12.3 Å². The van der Waals surface area contributed by atoms with Crippen LogP contribution in [0.4, 0.5) is 5.69 Å². The van der Waals surface area contributed by atoms with Crippen LogP contribution >= 0.6 is 0 Å². The van der Waals surface area contributed by atoms with Gasteiger partial charge in [-0.2, -0.15) is 0 Å². The number of benzene rings is 1. The first-order valence-electron chi connectivity index (χ1n) is 6.80. The molecule has 1 unspecified atom stereocenters. The zero-order valence-electron chi connectivity index (χ0n) is 12.4. The zero-order valence-corrected chi connectivity index (χ0v) is 12.4. The van der Waals surface area contributed by atoms with Gasteiger partial charge in [-0.3, -0.25) is 0 Å². The molecule has 1 N–H and O–H groups in total. The maximum Gasteiger partial charge on any atom is 0.0343 e. The molecule has 1 atom stereocenters. The van der Waals surface area contributed by atoms with Gasteiger partial charge in [0.05, 0.1) is 0 Å². The van der Waals surface area contributed by atoms with E-state index in [1.165, 1.54) is 22.3 Å². The normalized spacial score (nSPS) is 22.0. The fourth-order valence-electron chi connectivity index (χ4n) is 2.34. The lowest BCUT2D eigenvalue weighted by Gasteiger charge is -2.29. The molecule has 0 aromatic heterocycles. The average Bonchev–Trinajstić information content (AvgIpc) is 2.40. The molecule has 19 heavy (non-hydrogen) atoms. The van der Waals surface area contributed by atoms with E-state index in [0.29, 0.717) is 0 Å². The summed E-state index contributed by atoms with van der Waals surface area (Å²) in [7, 11) is 1.96. The van der Waals surface area contributed by atoms with Gasteiger partial charge in [0.1, 0.15) is 0 Å². The van der Waals surface area contributed by atoms with E-state index in [4.69, 9.17) is 0 Å². The Kier molecular flexibility index (Phi) is 3.66. The summed E-state index contributed by atoms with van der Waals surface area (Å²) < 4.78 is 0. The van der Waals surface area contributed by atoms with Crippen molar-refractivity contribution < 1.29 is 0 Å². The van der Waals surface area contributed by atoms with Gasteiger partial charge in [-0.25, -0.2) is 0 Å². The fourth-order valence-corrected chi connectivity index (χ4v) is 2.34. The SMILES string of the molecule is C=C(C)C1(C)C=CC(c2cc(NC)ccc2C)=CC1. The molecule has 0 spiro atoms. The van der Waals surface area contributed by atoms with E-state index in [2.05, 4.69) is 69.1 Å². The molecule has 100 valence electrons. The maximum atomic E-state index is 4.10. The molecule has 1 aliphatic carbocycles. The van der Waals surface area contributed by atoms with Gasteiger partial charge in [-0.15, -0.1) is 0 Å². The Labute approximate surface area is 116 Å². The van der Waals surface area contributed by atoms with Crippen LogP contribution in [0.15, 0.2) is 48.6 Å². The van der Waals surface area contributed by atoms with Crippen LogP contribution in [-0.2, 0) is 0 Å². The average molecular weight is 253 g/mol. The van der Waals surface area contributed by atoms with Crippen molar-refractivity contribution in [1.29, 1.82) is 0 Å². The molecule has 0 heterocycles. The monoisotopic (exact) mass is 253 g/mol. The third kappa shape index (κ3) is 2.65. The third-order valence-electron chi connectivity index (χ3n) is 4.19. The molecule has 0 aliphatic heterocycles. The Morgan fingerprint density at radius 1 is 1.37 bits per heavy atom. The van der Waals surface area contributed by atoms with E-state index in [9.17, 15) is 0 Å². The lowest BCUT2D eigenvalue weighted by atomic mass is 9.76. The Morgan fingerprint density at radius 2 is 2.11 bits per heavy atom. The van der Waals surface area contributed by atoms with Crippen LogP contribution in [0.25, 0.3) is 5.57 Å². The molecule has 1 heteroatoms. The van der Waals surface area contributed by atoms with Crippen molar-refractivity contribution in [2.75, 3.05) is 12.4 Å². The van der Waals surface area contributed by atoms with Crippen molar-refractivity contribution in [2.45, 2.75) is 27.2 Å². The van der Waals surface area contributed by atoms with Crippen LogP contribution in [0.1, 0.15) is 31.4 Å². The van der Waals surface area contributed by atoms with Gasteiger partial charge in [0.25, 0.3) is 0 Å². The minimum atomic E-state index is 0.109. The highest BCUT2D eigenvalue weighted by Crippen LogP contribution is 2.38. The molecule has 0 saturated heterocycles. The number of allylic oxidation sites excluding steroid dienone is 5. The highest BCUT2D eigenvalue weighted by Gasteiger charge is 2.23. The second-order valence-electron chi connectivity index (χ2n) is 5.67. The topological polar surface area (TPSA) is 12.0 Å². The van der Waals surface area contributed by atoms with E-state index in [-0.39, 0.29) is 5.41 Å². The Bertz CT molecular complexity index is 563. The minimum Gasteiger partial charge on any atom is -0.388 e. The number of nitrogens with one attached hydrogen (secondary N) is 1. The number of hydrogen-bond donors (Lipinski definition) is 1. The lowest BCUT2D eigenvalue weighted by molar-refractivity contribution is 0.521. The molecular formula is C18H23N. The number of anilines is 1. The van der Waals surface area contributed by atoms with Gasteiger partial charge in [0, 0.05) is 18.2 Å². The first-order chi connectivity index (χ1) is 8.96. The van der Waals surface area contributed by atoms with Crippen LogP contribution in [0.5, 0.6) is 0 Å². The van der Waals surface area contributed by atoms with Gasteiger partial charge in [-0.1, -0.05) is 43.4 Å². The van der Waals surface area contributed by atoms with E-state index in [1.54, 1.807) is 0 Å². The van der Waals surface area contributed by atoms with Crippen molar-refractivity contribution in [3.8, 4) is 0 Å². The summed E-state index contributed by atoms with van der Waals surface area (Å²) in [4.78, 5) is 0. The summed E-state index contributed by atoms with van der Waals surface area (Å²) in [5.41, 5.74) is 6.43. The van der Waals surface area contributed by atoms with Gasteiger partial charge in [-0.05, 0) is 49.1 Å². The quantitative estimate of drug-likeness (QED) is 0.750.